The smallest absolute Gasteiger partial charge is 0.287 e. The summed E-state index contributed by atoms with van der Waals surface area (Å²) in [5, 5.41) is 7.95. The van der Waals surface area contributed by atoms with Crippen molar-refractivity contribution in [2.24, 2.45) is 0 Å². The van der Waals surface area contributed by atoms with Gasteiger partial charge in [0.05, 0.1) is 12.0 Å². The summed E-state index contributed by atoms with van der Waals surface area (Å²) in [6.45, 7) is 0. The Labute approximate surface area is 177 Å². The predicted octanol–water partition coefficient (Wildman–Crippen LogP) is 4.38. The molecule has 0 aliphatic carbocycles. The van der Waals surface area contributed by atoms with Crippen LogP contribution in [0.15, 0.2) is 88.9 Å². The molecule has 30 heavy (non-hydrogen) atoms. The second kappa shape index (κ2) is 9.19. The van der Waals surface area contributed by atoms with E-state index in [0.29, 0.717) is 11.6 Å². The molecule has 2 amide bonds. The summed E-state index contributed by atoms with van der Waals surface area (Å²) in [5.41, 5.74) is 2.69. The van der Waals surface area contributed by atoms with Gasteiger partial charge in [-0.1, -0.05) is 60.7 Å². The first-order valence-corrected chi connectivity index (χ1v) is 10.3. The average molecular weight is 417 g/mol. The normalized spacial score (nSPS) is 11.6. The molecule has 2 N–H and O–H groups in total. The number of aromatic nitrogens is 1. The molecule has 0 spiro atoms. The zero-order valence-electron chi connectivity index (χ0n) is 15.9. The summed E-state index contributed by atoms with van der Waals surface area (Å²) in [7, 11) is 0. The molecule has 0 aliphatic rings. The summed E-state index contributed by atoms with van der Waals surface area (Å²) < 4.78 is 5.14. The van der Waals surface area contributed by atoms with E-state index in [2.05, 4.69) is 15.6 Å². The lowest BCUT2D eigenvalue weighted by atomic mass is 10.1. The number of amides is 2. The van der Waals surface area contributed by atoms with Crippen LogP contribution in [-0.2, 0) is 11.2 Å². The Morgan fingerprint density at radius 1 is 0.967 bits per heavy atom. The second-order valence-corrected chi connectivity index (χ2v) is 7.44. The van der Waals surface area contributed by atoms with Crippen molar-refractivity contribution >= 4 is 28.3 Å². The number of carbonyl (C=O) groups is 2. The van der Waals surface area contributed by atoms with Gasteiger partial charge in [0.1, 0.15) is 6.04 Å². The van der Waals surface area contributed by atoms with Crippen molar-refractivity contribution in [2.45, 2.75) is 12.5 Å². The molecule has 2 heterocycles. The fraction of sp³-hybridized carbons (Fsp3) is 0.0870. The molecule has 4 aromatic rings. The number of carbonyl (C=O) groups excluding carboxylic acids is 2. The highest BCUT2D eigenvalue weighted by atomic mass is 32.1. The van der Waals surface area contributed by atoms with Gasteiger partial charge in [-0.15, -0.1) is 11.3 Å². The van der Waals surface area contributed by atoms with E-state index in [9.17, 15) is 9.59 Å². The topological polar surface area (TPSA) is 84.2 Å². The quantitative estimate of drug-likeness (QED) is 0.467. The molecule has 0 unspecified atom stereocenters. The van der Waals surface area contributed by atoms with Crippen molar-refractivity contribution < 1.29 is 14.0 Å². The van der Waals surface area contributed by atoms with Crippen LogP contribution in [0.3, 0.4) is 0 Å². The first kappa shape index (κ1) is 19.6. The molecule has 6 nitrogen and oxygen atoms in total. The van der Waals surface area contributed by atoms with Gasteiger partial charge >= 0.3 is 0 Å². The van der Waals surface area contributed by atoms with Gasteiger partial charge < -0.3 is 15.1 Å². The number of furan rings is 1. The van der Waals surface area contributed by atoms with Gasteiger partial charge in [-0.05, 0) is 17.7 Å². The number of hydrogen-bond donors (Lipinski definition) is 2. The summed E-state index contributed by atoms with van der Waals surface area (Å²) >= 11 is 1.34. The van der Waals surface area contributed by atoms with Crippen molar-refractivity contribution in [3.05, 3.63) is 95.8 Å². The average Bonchev–Trinajstić information content (AvgIpc) is 3.47. The number of benzene rings is 2. The number of thiazole rings is 1. The minimum Gasteiger partial charge on any atom is -0.459 e. The summed E-state index contributed by atoms with van der Waals surface area (Å²) in [6.07, 6.45) is 1.76. The minimum absolute atomic E-state index is 0.154. The predicted molar refractivity (Wildman–Crippen MR) is 116 cm³/mol. The number of hydrogen-bond acceptors (Lipinski definition) is 5. The van der Waals surface area contributed by atoms with E-state index in [1.54, 1.807) is 12.1 Å². The Hall–Kier alpha value is -3.71. The third-order valence-corrected chi connectivity index (χ3v) is 5.21. The van der Waals surface area contributed by atoms with Gasteiger partial charge in [0, 0.05) is 17.4 Å². The molecule has 0 bridgehead atoms. The third-order valence-electron chi connectivity index (χ3n) is 4.45. The molecule has 0 radical (unpaired) electrons. The Morgan fingerprint density at radius 2 is 1.70 bits per heavy atom. The molecular formula is C23H19N3O3S. The van der Waals surface area contributed by atoms with Crippen LogP contribution in [0.5, 0.6) is 0 Å². The highest BCUT2D eigenvalue weighted by Crippen LogP contribution is 2.24. The lowest BCUT2D eigenvalue weighted by Gasteiger charge is -2.17. The molecule has 2 aromatic carbocycles. The van der Waals surface area contributed by atoms with Crippen LogP contribution >= 0.6 is 11.3 Å². The summed E-state index contributed by atoms with van der Waals surface area (Å²) in [6, 6.07) is 21.7. The molecule has 4 rings (SSSR count). The van der Waals surface area contributed by atoms with E-state index in [4.69, 9.17) is 4.42 Å². The fourth-order valence-electron chi connectivity index (χ4n) is 2.96. The standard InChI is InChI=1S/C23H19N3O3S/c27-21(26-23-25-19(15-30-23)17-10-5-2-6-11-17)18(14-16-8-3-1-4-9-16)24-22(28)20-12-7-13-29-20/h1-13,15,18H,14H2,(H,24,28)(H,25,26,27)/t18-/m1/s1. The van der Waals surface area contributed by atoms with Crippen molar-refractivity contribution in [3.63, 3.8) is 0 Å². The zero-order valence-corrected chi connectivity index (χ0v) is 16.8. The van der Waals surface area contributed by atoms with E-state index >= 15 is 0 Å². The zero-order chi connectivity index (χ0) is 20.8. The molecule has 2 aromatic heterocycles. The van der Waals surface area contributed by atoms with Crippen molar-refractivity contribution in [1.29, 1.82) is 0 Å². The molecule has 0 saturated heterocycles. The maximum Gasteiger partial charge on any atom is 0.287 e. The van der Waals surface area contributed by atoms with Crippen LogP contribution in [0.4, 0.5) is 5.13 Å². The van der Waals surface area contributed by atoms with Crippen LogP contribution in [0, 0.1) is 0 Å². The van der Waals surface area contributed by atoms with Gasteiger partial charge in [-0.3, -0.25) is 9.59 Å². The second-order valence-electron chi connectivity index (χ2n) is 6.59. The molecular weight excluding hydrogens is 398 g/mol. The van der Waals surface area contributed by atoms with Crippen LogP contribution in [0.1, 0.15) is 16.1 Å². The summed E-state index contributed by atoms with van der Waals surface area (Å²) in [4.78, 5) is 29.9. The molecule has 0 fully saturated rings. The monoisotopic (exact) mass is 417 g/mol. The van der Waals surface area contributed by atoms with E-state index in [1.165, 1.54) is 17.6 Å². The van der Waals surface area contributed by atoms with Crippen LogP contribution in [-0.4, -0.2) is 22.8 Å². The maximum absolute atomic E-state index is 13.0. The Bertz CT molecular complexity index is 1110. The van der Waals surface area contributed by atoms with Gasteiger partial charge in [-0.2, -0.15) is 0 Å². The maximum atomic E-state index is 13.0. The number of nitrogens with one attached hydrogen (secondary N) is 2. The first-order chi connectivity index (χ1) is 14.7. The Kier molecular flexibility index (Phi) is 6.01. The van der Waals surface area contributed by atoms with Gasteiger partial charge in [0.25, 0.3) is 5.91 Å². The number of nitrogens with zero attached hydrogens (tertiary/aromatic N) is 1. The molecule has 0 aliphatic heterocycles. The molecule has 1 atom stereocenters. The van der Waals surface area contributed by atoms with Crippen molar-refractivity contribution in [3.8, 4) is 11.3 Å². The lowest BCUT2D eigenvalue weighted by Crippen LogP contribution is -2.45. The third kappa shape index (κ3) is 4.82. The van der Waals surface area contributed by atoms with E-state index < -0.39 is 11.9 Å². The first-order valence-electron chi connectivity index (χ1n) is 9.39. The fourth-order valence-corrected chi connectivity index (χ4v) is 3.68. The van der Waals surface area contributed by atoms with Crippen molar-refractivity contribution in [1.82, 2.24) is 10.3 Å². The molecule has 7 heteroatoms. The number of rotatable bonds is 7. The highest BCUT2D eigenvalue weighted by Gasteiger charge is 2.24. The SMILES string of the molecule is O=C(N[C@H](Cc1ccccc1)C(=O)Nc1nc(-c2ccccc2)cs1)c1ccco1. The highest BCUT2D eigenvalue weighted by molar-refractivity contribution is 7.14. The van der Waals surface area contributed by atoms with Crippen molar-refractivity contribution in [2.75, 3.05) is 5.32 Å². The van der Waals surface area contributed by atoms with Crippen LogP contribution in [0.2, 0.25) is 0 Å². The van der Waals surface area contributed by atoms with Gasteiger partial charge in [0.15, 0.2) is 10.9 Å². The van der Waals surface area contributed by atoms with Gasteiger partial charge in [-0.25, -0.2) is 4.98 Å². The Morgan fingerprint density at radius 3 is 2.40 bits per heavy atom. The van der Waals surface area contributed by atoms with E-state index in [1.807, 2.05) is 66.0 Å². The summed E-state index contributed by atoms with van der Waals surface area (Å²) in [5.74, 6) is -0.630. The van der Waals surface area contributed by atoms with Crippen LogP contribution in [0.25, 0.3) is 11.3 Å². The number of anilines is 1. The minimum atomic E-state index is -0.783. The molecule has 0 saturated carbocycles. The lowest BCUT2D eigenvalue weighted by molar-refractivity contribution is -0.118. The van der Waals surface area contributed by atoms with E-state index in [-0.39, 0.29) is 11.7 Å². The van der Waals surface area contributed by atoms with Gasteiger partial charge in [0.2, 0.25) is 5.91 Å². The largest absolute Gasteiger partial charge is 0.459 e. The Balaban J connectivity index is 1.50. The molecule has 150 valence electrons. The van der Waals surface area contributed by atoms with E-state index in [0.717, 1.165) is 16.8 Å². The van der Waals surface area contributed by atoms with Crippen LogP contribution < -0.4 is 10.6 Å².